The van der Waals surface area contributed by atoms with Gasteiger partial charge in [0.2, 0.25) is 5.91 Å². The Hall–Kier alpha value is -0.620. The van der Waals surface area contributed by atoms with Crippen LogP contribution in [0.3, 0.4) is 0 Å². The highest BCUT2D eigenvalue weighted by molar-refractivity contribution is 7.85. The smallest absolute Gasteiger partial charge is 0.264 e. The number of hydrogen-bond acceptors (Lipinski definition) is 4. The second-order valence-electron chi connectivity index (χ2n) is 2.45. The summed E-state index contributed by atoms with van der Waals surface area (Å²) in [6.45, 7) is 0.117. The molecule has 1 amide bonds. The maximum absolute atomic E-state index is 10.4. The number of unbranched alkanes of at least 4 members (excludes halogenated alkanes) is 1. The minimum atomic E-state index is -3.34. The largest absolute Gasteiger partial charge is 0.370 e. The zero-order valence-electron chi connectivity index (χ0n) is 6.95. The van der Waals surface area contributed by atoms with E-state index in [1.165, 1.54) is 0 Å². The van der Waals surface area contributed by atoms with E-state index >= 15 is 0 Å². The molecule has 0 rings (SSSR count). The molecular formula is C6H13NO4S. The lowest BCUT2D eigenvalue weighted by Crippen LogP contribution is -2.10. The summed E-state index contributed by atoms with van der Waals surface area (Å²) in [5, 5.41) is 0. The Morgan fingerprint density at radius 1 is 1.42 bits per heavy atom. The molecular weight excluding hydrogens is 182 g/mol. The molecule has 0 aromatic rings. The Kier molecular flexibility index (Phi) is 4.84. The zero-order valence-corrected chi connectivity index (χ0v) is 7.76. The number of rotatable bonds is 6. The van der Waals surface area contributed by atoms with Crippen molar-refractivity contribution in [1.29, 1.82) is 0 Å². The summed E-state index contributed by atoms with van der Waals surface area (Å²) >= 11 is 0. The summed E-state index contributed by atoms with van der Waals surface area (Å²) in [4.78, 5) is 10.2. The summed E-state index contributed by atoms with van der Waals surface area (Å²) in [6.07, 6.45) is 2.34. The van der Waals surface area contributed by atoms with Crippen LogP contribution >= 0.6 is 0 Å². The van der Waals surface area contributed by atoms with Crippen LogP contribution in [-0.2, 0) is 19.1 Å². The van der Waals surface area contributed by atoms with Crippen molar-refractivity contribution in [2.75, 3.05) is 12.9 Å². The van der Waals surface area contributed by atoms with Gasteiger partial charge in [0.25, 0.3) is 10.1 Å². The lowest BCUT2D eigenvalue weighted by Gasteiger charge is -1.99. The number of amides is 1. The van der Waals surface area contributed by atoms with Crippen molar-refractivity contribution in [2.24, 2.45) is 5.73 Å². The van der Waals surface area contributed by atoms with E-state index in [-0.39, 0.29) is 18.9 Å². The predicted molar refractivity (Wildman–Crippen MR) is 43.8 cm³/mol. The van der Waals surface area contributed by atoms with Crippen LogP contribution in [0.15, 0.2) is 0 Å². The molecule has 0 aromatic heterocycles. The highest BCUT2D eigenvalue weighted by Crippen LogP contribution is 1.96. The highest BCUT2D eigenvalue weighted by atomic mass is 32.2. The fraction of sp³-hybridized carbons (Fsp3) is 0.833. The minimum Gasteiger partial charge on any atom is -0.370 e. The van der Waals surface area contributed by atoms with E-state index in [0.29, 0.717) is 12.8 Å². The van der Waals surface area contributed by atoms with E-state index in [1.54, 1.807) is 0 Å². The molecule has 2 N–H and O–H groups in total. The Balaban J connectivity index is 3.29. The lowest BCUT2D eigenvalue weighted by molar-refractivity contribution is -0.118. The summed E-state index contributed by atoms with van der Waals surface area (Å²) in [6, 6.07) is 0. The van der Waals surface area contributed by atoms with Gasteiger partial charge in [0.1, 0.15) is 0 Å². The van der Waals surface area contributed by atoms with Crippen LogP contribution in [0.1, 0.15) is 19.3 Å². The van der Waals surface area contributed by atoms with Crippen molar-refractivity contribution in [3.8, 4) is 0 Å². The monoisotopic (exact) mass is 195 g/mol. The van der Waals surface area contributed by atoms with Gasteiger partial charge in [0.15, 0.2) is 0 Å². The van der Waals surface area contributed by atoms with Crippen LogP contribution < -0.4 is 5.73 Å². The average molecular weight is 195 g/mol. The first-order valence-corrected chi connectivity index (χ1v) is 5.36. The quantitative estimate of drug-likeness (QED) is 0.462. The van der Waals surface area contributed by atoms with Crippen LogP contribution in [0.25, 0.3) is 0 Å². The van der Waals surface area contributed by atoms with Crippen molar-refractivity contribution < 1.29 is 17.4 Å². The summed E-state index contributed by atoms with van der Waals surface area (Å²) in [7, 11) is -3.34. The Labute approximate surface area is 72.0 Å². The maximum atomic E-state index is 10.4. The standard InChI is InChI=1S/C6H13NO4S/c1-12(9,10)11-5-3-2-4-6(7)8/h2-5H2,1H3,(H2,7,8). The van der Waals surface area contributed by atoms with Crippen molar-refractivity contribution in [1.82, 2.24) is 0 Å². The molecule has 0 bridgehead atoms. The Morgan fingerprint density at radius 3 is 2.42 bits per heavy atom. The summed E-state index contributed by atoms with van der Waals surface area (Å²) in [5.41, 5.74) is 4.86. The molecule has 5 nitrogen and oxygen atoms in total. The molecule has 0 aliphatic carbocycles. The predicted octanol–water partition coefficient (Wildman–Crippen LogP) is -0.382. The van der Waals surface area contributed by atoms with Crippen LogP contribution in [-0.4, -0.2) is 27.2 Å². The van der Waals surface area contributed by atoms with Crippen LogP contribution in [0.2, 0.25) is 0 Å². The third kappa shape index (κ3) is 9.38. The average Bonchev–Trinajstić information content (AvgIpc) is 1.83. The van der Waals surface area contributed by atoms with Gasteiger partial charge >= 0.3 is 0 Å². The van der Waals surface area contributed by atoms with Crippen molar-refractivity contribution in [2.45, 2.75) is 19.3 Å². The number of nitrogens with two attached hydrogens (primary N) is 1. The van der Waals surface area contributed by atoms with Crippen molar-refractivity contribution >= 4 is 16.0 Å². The SMILES string of the molecule is CS(=O)(=O)OCCCCC(N)=O. The van der Waals surface area contributed by atoms with Gasteiger partial charge in [-0.05, 0) is 12.8 Å². The topological polar surface area (TPSA) is 86.5 Å². The molecule has 0 atom stereocenters. The van der Waals surface area contributed by atoms with Crippen molar-refractivity contribution in [3.05, 3.63) is 0 Å². The number of hydrogen-bond donors (Lipinski definition) is 1. The Bertz CT molecular complexity index is 234. The summed E-state index contributed by atoms with van der Waals surface area (Å²) in [5.74, 6) is -0.380. The first kappa shape index (κ1) is 11.4. The van der Waals surface area contributed by atoms with Gasteiger partial charge in [-0.3, -0.25) is 8.98 Å². The normalized spacial score (nSPS) is 11.4. The first-order valence-electron chi connectivity index (χ1n) is 3.54. The van der Waals surface area contributed by atoms with E-state index < -0.39 is 10.1 Å². The first-order chi connectivity index (χ1) is 5.42. The lowest BCUT2D eigenvalue weighted by atomic mass is 10.2. The van der Waals surface area contributed by atoms with E-state index in [0.717, 1.165) is 6.26 Å². The van der Waals surface area contributed by atoms with Crippen molar-refractivity contribution in [3.63, 3.8) is 0 Å². The van der Waals surface area contributed by atoms with Gasteiger partial charge in [-0.15, -0.1) is 0 Å². The van der Waals surface area contributed by atoms with Gasteiger partial charge in [-0.25, -0.2) is 0 Å². The molecule has 0 aromatic carbocycles. The van der Waals surface area contributed by atoms with Gasteiger partial charge < -0.3 is 5.73 Å². The molecule has 0 aliphatic heterocycles. The van der Waals surface area contributed by atoms with Crippen LogP contribution in [0.5, 0.6) is 0 Å². The molecule has 72 valence electrons. The van der Waals surface area contributed by atoms with Gasteiger partial charge in [-0.1, -0.05) is 0 Å². The number of carbonyl (C=O) groups excluding carboxylic acids is 1. The fourth-order valence-corrected chi connectivity index (χ4v) is 1.03. The van der Waals surface area contributed by atoms with E-state index in [9.17, 15) is 13.2 Å². The summed E-state index contributed by atoms with van der Waals surface area (Å²) < 4.78 is 25.3. The zero-order chi connectivity index (χ0) is 9.61. The molecule has 12 heavy (non-hydrogen) atoms. The van der Waals surface area contributed by atoms with E-state index in [1.807, 2.05) is 0 Å². The van der Waals surface area contributed by atoms with Crippen LogP contribution in [0, 0.1) is 0 Å². The molecule has 0 radical (unpaired) electrons. The van der Waals surface area contributed by atoms with Gasteiger partial charge in [-0.2, -0.15) is 8.42 Å². The fourth-order valence-electron chi connectivity index (χ4n) is 0.612. The third-order valence-electron chi connectivity index (χ3n) is 1.11. The van der Waals surface area contributed by atoms with E-state index in [4.69, 9.17) is 5.73 Å². The Morgan fingerprint density at radius 2 is 2.00 bits per heavy atom. The molecule has 0 fully saturated rings. The molecule has 6 heteroatoms. The molecule has 0 unspecified atom stereocenters. The molecule has 0 spiro atoms. The molecule has 0 heterocycles. The van der Waals surface area contributed by atoms with Crippen LogP contribution in [0.4, 0.5) is 0 Å². The number of carbonyl (C=O) groups is 1. The highest BCUT2D eigenvalue weighted by Gasteiger charge is 2.00. The van der Waals surface area contributed by atoms with Gasteiger partial charge in [0.05, 0.1) is 12.9 Å². The second-order valence-corrected chi connectivity index (χ2v) is 4.09. The van der Waals surface area contributed by atoms with Gasteiger partial charge in [0, 0.05) is 6.42 Å². The molecule has 0 saturated carbocycles. The molecule has 0 aliphatic rings. The third-order valence-corrected chi connectivity index (χ3v) is 1.71. The number of primary amides is 1. The minimum absolute atomic E-state index is 0.117. The second kappa shape index (κ2) is 5.10. The van der Waals surface area contributed by atoms with E-state index in [2.05, 4.69) is 4.18 Å². The maximum Gasteiger partial charge on any atom is 0.264 e. The molecule has 0 saturated heterocycles.